The molecule has 2 atom stereocenters. The van der Waals surface area contributed by atoms with E-state index in [1.165, 1.54) is 5.56 Å². The molecule has 2 N–H and O–H groups in total. The number of methoxy groups -OCH3 is 1. The highest BCUT2D eigenvalue weighted by Gasteiger charge is 2.28. The van der Waals surface area contributed by atoms with E-state index in [4.69, 9.17) is 9.73 Å². The fourth-order valence-electron chi connectivity index (χ4n) is 3.84. The van der Waals surface area contributed by atoms with E-state index in [0.29, 0.717) is 6.42 Å². The maximum Gasteiger partial charge on any atom is 0.133 e. The van der Waals surface area contributed by atoms with Crippen molar-refractivity contribution in [2.75, 3.05) is 7.11 Å². The van der Waals surface area contributed by atoms with Crippen LogP contribution in [0.4, 0.5) is 0 Å². The highest BCUT2D eigenvalue weighted by atomic mass is 79.9. The first-order valence-electron chi connectivity index (χ1n) is 10.2. The second-order valence-corrected chi connectivity index (χ2v) is 9.32. The summed E-state index contributed by atoms with van der Waals surface area (Å²) in [5, 5.41) is 14.2. The van der Waals surface area contributed by atoms with Gasteiger partial charge in [0.25, 0.3) is 0 Å². The molecule has 160 valence electrons. The molecule has 0 spiro atoms. The molecule has 1 heterocycles. The summed E-state index contributed by atoms with van der Waals surface area (Å²) in [6, 6.07) is 20.0. The van der Waals surface area contributed by atoms with Gasteiger partial charge in [0.1, 0.15) is 17.7 Å². The lowest BCUT2D eigenvalue weighted by Crippen LogP contribution is -2.33. The van der Waals surface area contributed by atoms with Crippen LogP contribution >= 0.6 is 31.9 Å². The van der Waals surface area contributed by atoms with Crippen molar-refractivity contribution in [3.05, 3.63) is 91.9 Å². The van der Waals surface area contributed by atoms with E-state index in [0.717, 1.165) is 43.5 Å². The number of phenols is 1. The minimum Gasteiger partial charge on any atom is -0.508 e. The summed E-state index contributed by atoms with van der Waals surface area (Å²) < 4.78 is 7.19. The molecular formula is C25H24Br2N2O2. The third-order valence-electron chi connectivity index (χ3n) is 5.59. The van der Waals surface area contributed by atoms with E-state index in [9.17, 15) is 5.11 Å². The first-order valence-corrected chi connectivity index (χ1v) is 11.8. The number of hydrogen-bond acceptors (Lipinski definition) is 4. The number of aliphatic imine (C=N–C) groups is 1. The van der Waals surface area contributed by atoms with Gasteiger partial charge in [-0.15, -0.1) is 0 Å². The van der Waals surface area contributed by atoms with Gasteiger partial charge in [-0.1, -0.05) is 53.2 Å². The Hall–Kier alpha value is -2.15. The summed E-state index contributed by atoms with van der Waals surface area (Å²) in [5.74, 6) is 1.05. The van der Waals surface area contributed by atoms with Crippen molar-refractivity contribution >= 4 is 37.6 Å². The van der Waals surface area contributed by atoms with Gasteiger partial charge in [0.15, 0.2) is 0 Å². The third kappa shape index (κ3) is 4.86. The van der Waals surface area contributed by atoms with Crippen LogP contribution in [0.15, 0.2) is 74.6 Å². The van der Waals surface area contributed by atoms with Gasteiger partial charge >= 0.3 is 0 Å². The van der Waals surface area contributed by atoms with Gasteiger partial charge in [0.05, 0.1) is 11.6 Å². The Kier molecular flexibility index (Phi) is 6.80. The van der Waals surface area contributed by atoms with Gasteiger partial charge in [0, 0.05) is 28.2 Å². The Morgan fingerprint density at radius 2 is 1.84 bits per heavy atom. The molecule has 1 aliphatic heterocycles. The molecule has 3 aromatic carbocycles. The molecule has 6 heteroatoms. The monoisotopic (exact) mass is 542 g/mol. The van der Waals surface area contributed by atoms with Gasteiger partial charge in [-0.05, 0) is 69.4 Å². The predicted octanol–water partition coefficient (Wildman–Crippen LogP) is 6.71. The highest BCUT2D eigenvalue weighted by molar-refractivity contribution is 9.10. The molecule has 0 bridgehead atoms. The van der Waals surface area contributed by atoms with E-state index in [1.807, 2.05) is 30.3 Å². The second kappa shape index (κ2) is 9.55. The molecular weight excluding hydrogens is 520 g/mol. The Morgan fingerprint density at radius 3 is 2.52 bits per heavy atom. The Bertz CT molecular complexity index is 1110. The number of phenolic OH excluding ortho intramolecular Hbond substituents is 1. The largest absolute Gasteiger partial charge is 0.508 e. The molecule has 0 radical (unpaired) electrons. The summed E-state index contributed by atoms with van der Waals surface area (Å²) in [6.07, 6.45) is 1.44. The topological polar surface area (TPSA) is 53.8 Å². The number of rotatable bonds is 5. The van der Waals surface area contributed by atoms with E-state index >= 15 is 0 Å². The van der Waals surface area contributed by atoms with Crippen LogP contribution in [0, 0.1) is 0 Å². The number of nitrogens with zero attached hydrogens (tertiary/aromatic N) is 1. The zero-order valence-electron chi connectivity index (χ0n) is 17.4. The fourth-order valence-corrected chi connectivity index (χ4v) is 4.78. The summed E-state index contributed by atoms with van der Waals surface area (Å²) in [4.78, 5) is 5.05. The van der Waals surface area contributed by atoms with E-state index in [2.05, 4.69) is 68.4 Å². The summed E-state index contributed by atoms with van der Waals surface area (Å²) in [7, 11) is 1.65. The summed E-state index contributed by atoms with van der Waals surface area (Å²) >= 11 is 7.12. The molecule has 4 nitrogen and oxygen atoms in total. The maximum atomic E-state index is 10.6. The summed E-state index contributed by atoms with van der Waals surface area (Å²) in [5.41, 5.74) is 5.30. The molecule has 0 aliphatic carbocycles. The number of ether oxygens (including phenoxy) is 1. The Labute approximate surface area is 199 Å². The standard InChI is InChI=1S/C25H24Br2N2O2/c1-3-15-4-6-16(7-5-15)21-14-22(19-13-18(26)9-10-23(19)30)29-25(28-21)17-8-11-24(31-2)20(27)12-17/h4-13,22,25,29-30H,3,14H2,1-2H3/t22-,25+/m1/s1. The van der Waals surface area contributed by atoms with Gasteiger partial charge in [-0.2, -0.15) is 0 Å². The summed E-state index contributed by atoms with van der Waals surface area (Å²) in [6.45, 7) is 2.15. The third-order valence-corrected chi connectivity index (χ3v) is 6.71. The van der Waals surface area contributed by atoms with Crippen molar-refractivity contribution in [2.45, 2.75) is 32.0 Å². The van der Waals surface area contributed by atoms with Crippen molar-refractivity contribution in [1.82, 2.24) is 5.32 Å². The molecule has 0 fully saturated rings. The van der Waals surface area contributed by atoms with Crippen LogP contribution in [0.1, 0.15) is 47.8 Å². The van der Waals surface area contributed by atoms with Crippen LogP contribution in [0.25, 0.3) is 0 Å². The first kappa shape index (κ1) is 22.1. The number of nitrogens with one attached hydrogen (secondary N) is 1. The van der Waals surface area contributed by atoms with Gasteiger partial charge in [-0.25, -0.2) is 0 Å². The van der Waals surface area contributed by atoms with Crippen LogP contribution in [0.3, 0.4) is 0 Å². The zero-order valence-corrected chi connectivity index (χ0v) is 20.6. The lowest BCUT2D eigenvalue weighted by molar-refractivity contribution is 0.406. The smallest absolute Gasteiger partial charge is 0.133 e. The van der Waals surface area contributed by atoms with Crippen LogP contribution in [-0.4, -0.2) is 17.9 Å². The minimum atomic E-state index is -0.250. The van der Waals surface area contributed by atoms with Gasteiger partial charge in [0.2, 0.25) is 0 Å². The zero-order chi connectivity index (χ0) is 22.0. The number of halogens is 2. The van der Waals surface area contributed by atoms with Crippen molar-refractivity contribution in [3.63, 3.8) is 0 Å². The SMILES string of the molecule is CCc1ccc(C2=N[C@H](c3ccc(OC)c(Br)c3)N[C@@H](c3cc(Br)ccc3O)C2)cc1. The van der Waals surface area contributed by atoms with Crippen molar-refractivity contribution in [2.24, 2.45) is 4.99 Å². The van der Waals surface area contributed by atoms with Crippen molar-refractivity contribution in [3.8, 4) is 11.5 Å². The van der Waals surface area contributed by atoms with Crippen molar-refractivity contribution < 1.29 is 9.84 Å². The first-order chi connectivity index (χ1) is 15.0. The van der Waals surface area contributed by atoms with E-state index in [1.54, 1.807) is 13.2 Å². The second-order valence-electron chi connectivity index (χ2n) is 7.55. The Morgan fingerprint density at radius 1 is 1.06 bits per heavy atom. The quantitative estimate of drug-likeness (QED) is 0.376. The molecule has 3 aromatic rings. The van der Waals surface area contributed by atoms with E-state index < -0.39 is 0 Å². The molecule has 4 rings (SSSR count). The number of aromatic hydroxyl groups is 1. The predicted molar refractivity (Wildman–Crippen MR) is 132 cm³/mol. The van der Waals surface area contributed by atoms with E-state index in [-0.39, 0.29) is 18.0 Å². The van der Waals surface area contributed by atoms with Crippen molar-refractivity contribution in [1.29, 1.82) is 0 Å². The molecule has 0 saturated carbocycles. The fraction of sp³-hybridized carbons (Fsp3) is 0.240. The van der Waals surface area contributed by atoms with Crippen LogP contribution in [0.2, 0.25) is 0 Å². The average Bonchev–Trinajstić information content (AvgIpc) is 2.80. The highest BCUT2D eigenvalue weighted by Crippen LogP contribution is 2.37. The van der Waals surface area contributed by atoms with Crippen LogP contribution in [0.5, 0.6) is 11.5 Å². The molecule has 31 heavy (non-hydrogen) atoms. The Balaban J connectivity index is 1.76. The van der Waals surface area contributed by atoms with Crippen LogP contribution < -0.4 is 10.1 Å². The van der Waals surface area contributed by atoms with Gasteiger partial charge in [-0.3, -0.25) is 10.3 Å². The van der Waals surface area contributed by atoms with Gasteiger partial charge < -0.3 is 9.84 Å². The lowest BCUT2D eigenvalue weighted by Gasteiger charge is -2.31. The molecule has 0 unspecified atom stereocenters. The molecule has 0 saturated heterocycles. The number of benzene rings is 3. The normalized spacial score (nSPS) is 18.5. The van der Waals surface area contributed by atoms with Crippen LogP contribution in [-0.2, 0) is 6.42 Å². The molecule has 0 aromatic heterocycles. The molecule has 1 aliphatic rings. The molecule has 0 amide bonds. The number of hydrogen-bond donors (Lipinski definition) is 2. The maximum absolute atomic E-state index is 10.6. The minimum absolute atomic E-state index is 0.0817. The average molecular weight is 544 g/mol. The lowest BCUT2D eigenvalue weighted by atomic mass is 9.93. The number of aryl methyl sites for hydroxylation is 1.